The topological polar surface area (TPSA) is 76.7 Å². The Morgan fingerprint density at radius 1 is 1.02 bits per heavy atom. The second-order valence-corrected chi connectivity index (χ2v) is 13.2. The van der Waals surface area contributed by atoms with E-state index in [-0.39, 0.29) is 23.9 Å². The molecule has 3 N–H and O–H groups in total. The van der Waals surface area contributed by atoms with Crippen molar-refractivity contribution in [2.24, 2.45) is 5.92 Å². The molecule has 5 rings (SSSR count). The first-order valence-electron chi connectivity index (χ1n) is 15.6. The summed E-state index contributed by atoms with van der Waals surface area (Å²) in [6.07, 6.45) is 9.73. The molecule has 2 amide bonds. The van der Waals surface area contributed by atoms with Gasteiger partial charge in [-0.15, -0.1) is 0 Å². The number of benzene rings is 2. The number of rotatable bonds is 10. The summed E-state index contributed by atoms with van der Waals surface area (Å²) in [7, 11) is 0. The van der Waals surface area contributed by atoms with E-state index in [1.807, 2.05) is 41.3 Å². The molecule has 9 heteroatoms. The molecule has 2 aliphatic heterocycles. The lowest BCUT2D eigenvalue weighted by atomic mass is 9.83. The lowest BCUT2D eigenvalue weighted by Crippen LogP contribution is -2.60. The van der Waals surface area contributed by atoms with Gasteiger partial charge in [-0.2, -0.15) is 0 Å². The van der Waals surface area contributed by atoms with Crippen molar-refractivity contribution < 1.29 is 9.59 Å². The third-order valence-corrected chi connectivity index (χ3v) is 10.1. The summed E-state index contributed by atoms with van der Waals surface area (Å²) in [5, 5.41) is 7.28. The van der Waals surface area contributed by atoms with Gasteiger partial charge in [0.25, 0.3) is 0 Å². The van der Waals surface area contributed by atoms with Crippen LogP contribution in [0.5, 0.6) is 0 Å². The van der Waals surface area contributed by atoms with Gasteiger partial charge in [-0.25, -0.2) is 0 Å². The maximum atomic E-state index is 14.0. The maximum absolute atomic E-state index is 14.0. The second-order valence-electron chi connectivity index (χ2n) is 12.1. The van der Waals surface area contributed by atoms with E-state index in [4.69, 9.17) is 11.6 Å². The molecule has 0 radical (unpaired) electrons. The highest BCUT2D eigenvalue weighted by atomic mass is 35.5. The van der Waals surface area contributed by atoms with Crippen molar-refractivity contribution >= 4 is 35.4 Å². The minimum Gasteiger partial charge on any atom is -0.343 e. The van der Waals surface area contributed by atoms with E-state index in [0.717, 1.165) is 25.2 Å². The van der Waals surface area contributed by atoms with Crippen molar-refractivity contribution in [1.82, 2.24) is 25.2 Å². The normalized spacial score (nSPS) is 23.2. The van der Waals surface area contributed by atoms with Gasteiger partial charge in [0, 0.05) is 56.3 Å². The second kappa shape index (κ2) is 15.1. The van der Waals surface area contributed by atoms with Crippen LogP contribution in [0.2, 0.25) is 5.02 Å². The smallest absolute Gasteiger partial charge is 0.245 e. The summed E-state index contributed by atoms with van der Waals surface area (Å²) >= 11 is 7.82. The largest absolute Gasteiger partial charge is 0.343 e. The lowest BCUT2D eigenvalue weighted by Gasteiger charge is -2.44. The minimum atomic E-state index is -0.633. The van der Waals surface area contributed by atoms with Crippen molar-refractivity contribution in [2.45, 2.75) is 76.0 Å². The lowest BCUT2D eigenvalue weighted by molar-refractivity contribution is -0.138. The fourth-order valence-corrected chi connectivity index (χ4v) is 7.55. The molecule has 1 saturated heterocycles. The van der Waals surface area contributed by atoms with Crippen LogP contribution in [0.3, 0.4) is 0 Å². The highest BCUT2D eigenvalue weighted by Crippen LogP contribution is 2.30. The van der Waals surface area contributed by atoms with Crippen LogP contribution in [0.25, 0.3) is 0 Å². The van der Waals surface area contributed by atoms with Gasteiger partial charge in [-0.1, -0.05) is 79.2 Å². The first-order chi connectivity index (χ1) is 20.4. The van der Waals surface area contributed by atoms with E-state index in [9.17, 15) is 9.59 Å². The first kappa shape index (κ1) is 31.3. The van der Waals surface area contributed by atoms with Gasteiger partial charge in [-0.3, -0.25) is 24.5 Å². The van der Waals surface area contributed by atoms with Gasteiger partial charge >= 0.3 is 0 Å². The standard InChI is InChI=1S/C33H46ClN5O2S/c1-23-28-11-7-6-10-26(28)21-29(36-23)32(40)37-30(20-24-12-14-27(34)15-13-24)33(41)39-18-16-38(17-19-39)31(22-35-42-2)25-8-4-3-5-9-25/h6-7,10-15,23,25,29-31,35-36H,3-5,8-9,16-22H2,1-2H3,(H,37,40). The summed E-state index contributed by atoms with van der Waals surface area (Å²) < 4.78 is 3.52. The third-order valence-electron chi connectivity index (χ3n) is 9.41. The van der Waals surface area contributed by atoms with Gasteiger partial charge in [0.2, 0.25) is 11.8 Å². The van der Waals surface area contributed by atoms with Gasteiger partial charge < -0.3 is 10.2 Å². The van der Waals surface area contributed by atoms with Crippen molar-refractivity contribution in [1.29, 1.82) is 0 Å². The summed E-state index contributed by atoms with van der Waals surface area (Å²) in [5.41, 5.74) is 3.39. The number of hydrogen-bond acceptors (Lipinski definition) is 6. The van der Waals surface area contributed by atoms with Crippen molar-refractivity contribution in [3.63, 3.8) is 0 Å². The molecule has 2 heterocycles. The van der Waals surface area contributed by atoms with Gasteiger partial charge in [-0.05, 0) is 67.2 Å². The van der Waals surface area contributed by atoms with Crippen LogP contribution < -0.4 is 15.4 Å². The molecule has 0 aromatic heterocycles. The van der Waals surface area contributed by atoms with Gasteiger partial charge in [0.05, 0.1) is 6.04 Å². The predicted molar refractivity (Wildman–Crippen MR) is 173 cm³/mol. The van der Waals surface area contributed by atoms with Crippen LogP contribution in [0.15, 0.2) is 48.5 Å². The van der Waals surface area contributed by atoms with Crippen molar-refractivity contribution in [3.05, 3.63) is 70.2 Å². The Labute approximate surface area is 260 Å². The predicted octanol–water partition coefficient (Wildman–Crippen LogP) is 4.60. The van der Waals surface area contributed by atoms with Crippen LogP contribution in [0, 0.1) is 5.92 Å². The van der Waals surface area contributed by atoms with Gasteiger partial charge in [0.15, 0.2) is 0 Å². The van der Waals surface area contributed by atoms with Crippen LogP contribution in [-0.4, -0.2) is 78.7 Å². The molecule has 2 aromatic carbocycles. The molecule has 1 aliphatic carbocycles. The molecule has 3 aliphatic rings. The molecule has 0 spiro atoms. The van der Waals surface area contributed by atoms with Crippen LogP contribution >= 0.6 is 23.5 Å². The average molecular weight is 612 g/mol. The van der Waals surface area contributed by atoms with E-state index >= 15 is 0 Å². The summed E-state index contributed by atoms with van der Waals surface area (Å²) in [6.45, 7) is 6.15. The Morgan fingerprint density at radius 3 is 2.45 bits per heavy atom. The number of amides is 2. The number of halogens is 1. The number of carbonyl (C=O) groups excluding carboxylic acids is 2. The Morgan fingerprint density at radius 2 is 1.74 bits per heavy atom. The first-order valence-corrected chi connectivity index (χ1v) is 17.2. The van der Waals surface area contributed by atoms with Crippen LogP contribution in [-0.2, 0) is 22.4 Å². The third kappa shape index (κ3) is 7.88. The Balaban J connectivity index is 1.26. The zero-order valence-electron chi connectivity index (χ0n) is 25.0. The number of piperazine rings is 1. The SMILES string of the molecule is CSNCC(C1CCCCC1)N1CCN(C(=O)C(Cc2ccc(Cl)cc2)NC(=O)C2Cc3ccccc3C(C)N2)CC1. The van der Waals surface area contributed by atoms with Gasteiger partial charge in [0.1, 0.15) is 6.04 Å². The fourth-order valence-electron chi connectivity index (χ4n) is 7.09. The number of nitrogens with zero attached hydrogens (tertiary/aromatic N) is 2. The van der Waals surface area contributed by atoms with Crippen LogP contribution in [0.1, 0.15) is 61.8 Å². The number of hydrogen-bond donors (Lipinski definition) is 3. The quantitative estimate of drug-likeness (QED) is 0.341. The molecule has 2 fully saturated rings. The summed E-state index contributed by atoms with van der Waals surface area (Å²) in [5.74, 6) is 0.592. The molecular formula is C33H46ClN5O2S. The number of nitrogens with one attached hydrogen (secondary N) is 3. The van der Waals surface area contributed by atoms with Crippen molar-refractivity contribution in [2.75, 3.05) is 39.0 Å². The molecule has 228 valence electrons. The fraction of sp³-hybridized carbons (Fsp3) is 0.576. The highest BCUT2D eigenvalue weighted by Gasteiger charge is 2.35. The molecule has 1 saturated carbocycles. The molecule has 42 heavy (non-hydrogen) atoms. The maximum Gasteiger partial charge on any atom is 0.245 e. The zero-order chi connectivity index (χ0) is 29.5. The Bertz CT molecular complexity index is 1180. The molecular weight excluding hydrogens is 566 g/mol. The number of fused-ring (bicyclic) bond motifs is 1. The average Bonchev–Trinajstić information content (AvgIpc) is 3.02. The number of carbonyl (C=O) groups is 2. The Kier molecular flexibility index (Phi) is 11.2. The molecule has 7 nitrogen and oxygen atoms in total. The van der Waals surface area contributed by atoms with E-state index in [1.54, 1.807) is 11.9 Å². The van der Waals surface area contributed by atoms with Crippen LogP contribution in [0.4, 0.5) is 0 Å². The molecule has 2 aromatic rings. The van der Waals surface area contributed by atoms with E-state index in [1.165, 1.54) is 43.2 Å². The molecule has 0 bridgehead atoms. The summed E-state index contributed by atoms with van der Waals surface area (Å²) in [6, 6.07) is 15.4. The monoisotopic (exact) mass is 611 g/mol. The van der Waals surface area contributed by atoms with Crippen molar-refractivity contribution in [3.8, 4) is 0 Å². The highest BCUT2D eigenvalue weighted by molar-refractivity contribution is 7.96. The Hall–Kier alpha value is -2.10. The zero-order valence-corrected chi connectivity index (χ0v) is 26.6. The van der Waals surface area contributed by atoms with E-state index in [0.29, 0.717) is 42.9 Å². The molecule has 4 unspecified atom stereocenters. The van der Waals surface area contributed by atoms with E-state index in [2.05, 4.69) is 45.6 Å². The summed E-state index contributed by atoms with van der Waals surface area (Å²) in [4.78, 5) is 32.2. The minimum absolute atomic E-state index is 0.00124. The molecule has 4 atom stereocenters. The van der Waals surface area contributed by atoms with E-state index < -0.39 is 6.04 Å².